The molecule has 0 bridgehead atoms. The van der Waals surface area contributed by atoms with Crippen LogP contribution in [-0.2, 0) is 5.41 Å². The van der Waals surface area contributed by atoms with Crippen molar-refractivity contribution in [3.63, 3.8) is 0 Å². The van der Waals surface area contributed by atoms with Gasteiger partial charge in [0.15, 0.2) is 0 Å². The lowest BCUT2D eigenvalue weighted by Gasteiger charge is -2.46. The van der Waals surface area contributed by atoms with Gasteiger partial charge in [0.05, 0.1) is 0 Å². The van der Waals surface area contributed by atoms with Gasteiger partial charge in [-0.05, 0) is 49.4 Å². The Morgan fingerprint density at radius 2 is 1.66 bits per heavy atom. The van der Waals surface area contributed by atoms with Gasteiger partial charge < -0.3 is 10.6 Å². The van der Waals surface area contributed by atoms with E-state index in [1.807, 2.05) is 30.6 Å². The lowest BCUT2D eigenvalue weighted by Crippen LogP contribution is -2.53. The Kier molecular flexibility index (Phi) is 8.98. The highest BCUT2D eigenvalue weighted by molar-refractivity contribution is 6.30. The second kappa shape index (κ2) is 10.8. The van der Waals surface area contributed by atoms with Crippen molar-refractivity contribution < 1.29 is 0 Å². The highest BCUT2D eigenvalue weighted by Crippen LogP contribution is 2.41. The van der Waals surface area contributed by atoms with Crippen molar-refractivity contribution in [3.8, 4) is 0 Å². The average Bonchev–Trinajstić information content (AvgIpc) is 2.75. The van der Waals surface area contributed by atoms with Gasteiger partial charge in [0, 0.05) is 61.6 Å². The zero-order valence-corrected chi connectivity index (χ0v) is 18.9. The summed E-state index contributed by atoms with van der Waals surface area (Å²) in [5, 5.41) is 0.807. The van der Waals surface area contributed by atoms with Crippen LogP contribution in [0.4, 0.5) is 5.95 Å². The molecule has 160 valence electrons. The van der Waals surface area contributed by atoms with Crippen LogP contribution in [0.1, 0.15) is 31.2 Å². The first kappa shape index (κ1) is 24.2. The van der Waals surface area contributed by atoms with Crippen LogP contribution in [0.25, 0.3) is 0 Å². The Morgan fingerprint density at radius 1 is 1.00 bits per heavy atom. The second-order valence-electron chi connectivity index (χ2n) is 7.80. The van der Waals surface area contributed by atoms with Gasteiger partial charge in [-0.2, -0.15) is 0 Å². The highest BCUT2D eigenvalue weighted by atomic mass is 35.5. The number of benzene rings is 1. The van der Waals surface area contributed by atoms with E-state index in [1.54, 1.807) is 0 Å². The molecule has 2 N–H and O–H groups in total. The van der Waals surface area contributed by atoms with Crippen LogP contribution in [0.2, 0.25) is 5.02 Å². The molecule has 0 spiro atoms. The fourth-order valence-corrected chi connectivity index (χ4v) is 4.88. The standard InChI is InChI=1S/C21H28ClN5.2ClH/c22-18-4-1-3-17(15-18)21(16-23)7-5-19(6-8-21)26-11-13-27(14-12-26)20-24-9-2-10-25-20;;/h1-4,9-10,15,19H,5-8,11-14,16,23H2;2*1H/t19-,21+;;. The minimum absolute atomic E-state index is 0. The maximum atomic E-state index is 6.25. The van der Waals surface area contributed by atoms with Gasteiger partial charge in [0.25, 0.3) is 0 Å². The number of nitrogens with zero attached hydrogens (tertiary/aromatic N) is 4. The zero-order valence-electron chi connectivity index (χ0n) is 16.5. The largest absolute Gasteiger partial charge is 0.338 e. The summed E-state index contributed by atoms with van der Waals surface area (Å²) in [6.07, 6.45) is 8.31. The highest BCUT2D eigenvalue weighted by Gasteiger charge is 2.38. The van der Waals surface area contributed by atoms with E-state index in [9.17, 15) is 0 Å². The zero-order chi connectivity index (χ0) is 18.7. The minimum atomic E-state index is 0. The van der Waals surface area contributed by atoms with Gasteiger partial charge in [-0.1, -0.05) is 23.7 Å². The predicted octanol–water partition coefficient (Wildman–Crippen LogP) is 3.93. The summed E-state index contributed by atoms with van der Waals surface area (Å²) in [5.41, 5.74) is 7.64. The summed E-state index contributed by atoms with van der Waals surface area (Å²) in [6, 6.07) is 10.8. The quantitative estimate of drug-likeness (QED) is 0.752. The van der Waals surface area contributed by atoms with Crippen LogP contribution < -0.4 is 10.6 Å². The summed E-state index contributed by atoms with van der Waals surface area (Å²) in [5.74, 6) is 0.851. The van der Waals surface area contributed by atoms with Gasteiger partial charge in [0.2, 0.25) is 5.95 Å². The van der Waals surface area contributed by atoms with Gasteiger partial charge >= 0.3 is 0 Å². The van der Waals surface area contributed by atoms with Crippen molar-refractivity contribution in [3.05, 3.63) is 53.3 Å². The predicted molar refractivity (Wildman–Crippen MR) is 125 cm³/mol. The van der Waals surface area contributed by atoms with Crippen LogP contribution in [0.5, 0.6) is 0 Å². The molecule has 1 saturated heterocycles. The molecule has 1 saturated carbocycles. The summed E-state index contributed by atoms with van der Waals surface area (Å²) >= 11 is 6.23. The second-order valence-corrected chi connectivity index (χ2v) is 8.23. The minimum Gasteiger partial charge on any atom is -0.338 e. The number of rotatable bonds is 4. The first-order chi connectivity index (χ1) is 13.2. The van der Waals surface area contributed by atoms with Gasteiger partial charge in [-0.15, -0.1) is 24.8 Å². The summed E-state index contributed by atoms with van der Waals surface area (Å²) in [7, 11) is 0. The van der Waals surface area contributed by atoms with E-state index in [0.29, 0.717) is 12.6 Å². The van der Waals surface area contributed by atoms with E-state index in [-0.39, 0.29) is 30.2 Å². The molecule has 0 unspecified atom stereocenters. The molecule has 8 heteroatoms. The molecule has 0 amide bonds. The Bertz CT molecular complexity index is 745. The van der Waals surface area contributed by atoms with Crippen molar-refractivity contribution in [1.29, 1.82) is 0 Å². The van der Waals surface area contributed by atoms with Crippen LogP contribution in [0, 0.1) is 0 Å². The van der Waals surface area contributed by atoms with Crippen LogP contribution >= 0.6 is 36.4 Å². The number of nitrogens with two attached hydrogens (primary N) is 1. The molecule has 2 heterocycles. The number of anilines is 1. The summed E-state index contributed by atoms with van der Waals surface area (Å²) in [4.78, 5) is 13.7. The molecule has 2 fully saturated rings. The van der Waals surface area contributed by atoms with Gasteiger partial charge in [-0.25, -0.2) is 9.97 Å². The van der Waals surface area contributed by atoms with Gasteiger partial charge in [-0.3, -0.25) is 4.90 Å². The van der Waals surface area contributed by atoms with Crippen molar-refractivity contribution in [1.82, 2.24) is 14.9 Å². The van der Waals surface area contributed by atoms with Gasteiger partial charge in [0.1, 0.15) is 0 Å². The molecule has 1 aliphatic heterocycles. The van der Waals surface area contributed by atoms with E-state index < -0.39 is 0 Å². The summed E-state index contributed by atoms with van der Waals surface area (Å²) < 4.78 is 0. The molecule has 1 aromatic heterocycles. The van der Waals surface area contributed by atoms with Crippen LogP contribution in [0.15, 0.2) is 42.7 Å². The third-order valence-corrected chi connectivity index (χ3v) is 6.64. The number of hydrogen-bond donors (Lipinski definition) is 1. The molecule has 5 nitrogen and oxygen atoms in total. The first-order valence-electron chi connectivity index (χ1n) is 9.92. The topological polar surface area (TPSA) is 58.3 Å². The molecule has 1 aromatic carbocycles. The molecule has 2 aromatic rings. The van der Waals surface area contributed by atoms with Crippen molar-refractivity contribution in [2.45, 2.75) is 37.1 Å². The smallest absolute Gasteiger partial charge is 0.225 e. The molecular formula is C21H30Cl3N5. The Morgan fingerprint density at radius 3 is 2.24 bits per heavy atom. The normalized spacial score (nSPS) is 25.0. The first-order valence-corrected chi connectivity index (χ1v) is 10.3. The van der Waals surface area contributed by atoms with Crippen LogP contribution in [0.3, 0.4) is 0 Å². The molecule has 0 radical (unpaired) electrons. The SMILES string of the molecule is Cl.Cl.NC[C@]1(c2cccc(Cl)c2)CC[C@@H](N2CCN(c3ncccn3)CC2)CC1. The average molecular weight is 459 g/mol. The van der Waals surface area contributed by atoms with E-state index in [1.165, 1.54) is 18.4 Å². The van der Waals surface area contributed by atoms with E-state index in [2.05, 4.69) is 31.9 Å². The fourth-order valence-electron chi connectivity index (χ4n) is 4.69. The lowest BCUT2D eigenvalue weighted by atomic mass is 9.68. The fraction of sp³-hybridized carbons (Fsp3) is 0.524. The molecular weight excluding hydrogens is 429 g/mol. The molecule has 0 atom stereocenters. The Labute approximate surface area is 190 Å². The number of halogens is 3. The number of hydrogen-bond acceptors (Lipinski definition) is 5. The summed E-state index contributed by atoms with van der Waals surface area (Å²) in [6.45, 7) is 4.85. The van der Waals surface area contributed by atoms with Crippen molar-refractivity contribution >= 4 is 42.4 Å². The Balaban J connectivity index is 0.00000150. The number of piperazine rings is 1. The van der Waals surface area contributed by atoms with Crippen molar-refractivity contribution in [2.24, 2.45) is 5.73 Å². The molecule has 29 heavy (non-hydrogen) atoms. The van der Waals surface area contributed by atoms with E-state index >= 15 is 0 Å². The molecule has 2 aliphatic rings. The lowest BCUT2D eigenvalue weighted by molar-refractivity contribution is 0.118. The maximum Gasteiger partial charge on any atom is 0.225 e. The van der Waals surface area contributed by atoms with Crippen LogP contribution in [-0.4, -0.2) is 53.6 Å². The van der Waals surface area contributed by atoms with E-state index in [4.69, 9.17) is 17.3 Å². The van der Waals surface area contributed by atoms with Crippen molar-refractivity contribution in [2.75, 3.05) is 37.6 Å². The van der Waals surface area contributed by atoms with E-state index in [0.717, 1.165) is 50.0 Å². The Hall–Kier alpha value is -1.11. The number of aromatic nitrogens is 2. The molecule has 4 rings (SSSR count). The third kappa shape index (κ3) is 5.33. The molecule has 1 aliphatic carbocycles. The third-order valence-electron chi connectivity index (χ3n) is 6.41. The monoisotopic (exact) mass is 457 g/mol. The maximum absolute atomic E-state index is 6.25.